The first kappa shape index (κ1) is 14.8. The van der Waals surface area contributed by atoms with Crippen LogP contribution in [0.1, 0.15) is 29.8 Å². The van der Waals surface area contributed by atoms with E-state index in [4.69, 9.17) is 14.6 Å². The number of carboxylic acids is 1. The molecule has 0 atom stereocenters. The molecule has 5 heteroatoms. The van der Waals surface area contributed by atoms with Gasteiger partial charge in [-0.05, 0) is 49.7 Å². The average molecular weight is 287 g/mol. The molecule has 0 unspecified atom stereocenters. The Bertz CT molecular complexity index is 638. The molecule has 110 valence electrons. The highest BCUT2D eigenvalue weighted by atomic mass is 16.5. The lowest BCUT2D eigenvalue weighted by atomic mass is 9.99. The van der Waals surface area contributed by atoms with Crippen LogP contribution in [0, 0.1) is 0 Å². The largest absolute Gasteiger partial charge is 0.493 e. The minimum absolute atomic E-state index is 0.154. The maximum atomic E-state index is 11.0. The summed E-state index contributed by atoms with van der Waals surface area (Å²) in [6, 6.07) is 8.28. The molecule has 1 heterocycles. The van der Waals surface area contributed by atoms with Crippen molar-refractivity contribution in [2.45, 2.75) is 19.4 Å². The fourth-order valence-corrected chi connectivity index (χ4v) is 1.97. The Hall–Kier alpha value is -2.56. The van der Waals surface area contributed by atoms with Crippen LogP contribution in [0.25, 0.3) is 0 Å². The molecule has 1 N–H and O–H groups in total. The Balaban J connectivity index is 2.33. The van der Waals surface area contributed by atoms with E-state index in [1.807, 2.05) is 26.0 Å². The topological polar surface area (TPSA) is 68.7 Å². The van der Waals surface area contributed by atoms with Gasteiger partial charge in [-0.15, -0.1) is 0 Å². The van der Waals surface area contributed by atoms with Crippen LogP contribution in [0.3, 0.4) is 0 Å². The van der Waals surface area contributed by atoms with E-state index in [2.05, 4.69) is 4.98 Å². The van der Waals surface area contributed by atoms with E-state index in [0.29, 0.717) is 11.5 Å². The second-order valence-corrected chi connectivity index (χ2v) is 5.02. The molecular weight excluding hydrogens is 270 g/mol. The average Bonchev–Trinajstić information content (AvgIpc) is 2.48. The summed E-state index contributed by atoms with van der Waals surface area (Å²) in [5, 5.41) is 9.00. The zero-order valence-corrected chi connectivity index (χ0v) is 12.2. The van der Waals surface area contributed by atoms with Crippen LogP contribution in [0.4, 0.5) is 0 Å². The SMILES string of the molecule is COc1cc(C(=O)O)ccc1OC(C)(C)c1ccncc1. The summed E-state index contributed by atoms with van der Waals surface area (Å²) in [4.78, 5) is 15.0. The summed E-state index contributed by atoms with van der Waals surface area (Å²) in [5.41, 5.74) is 0.517. The molecule has 0 saturated heterocycles. The summed E-state index contributed by atoms with van der Waals surface area (Å²) in [7, 11) is 1.48. The molecule has 2 aromatic rings. The third-order valence-electron chi connectivity index (χ3n) is 3.15. The summed E-state index contributed by atoms with van der Waals surface area (Å²) in [5.74, 6) is -0.130. The number of hydrogen-bond acceptors (Lipinski definition) is 4. The maximum Gasteiger partial charge on any atom is 0.335 e. The Kier molecular flexibility index (Phi) is 4.12. The number of carbonyl (C=O) groups is 1. The van der Waals surface area contributed by atoms with Crippen molar-refractivity contribution in [1.82, 2.24) is 4.98 Å². The van der Waals surface area contributed by atoms with Gasteiger partial charge in [0, 0.05) is 12.4 Å². The van der Waals surface area contributed by atoms with Crippen LogP contribution >= 0.6 is 0 Å². The molecule has 0 spiro atoms. The van der Waals surface area contributed by atoms with Crippen molar-refractivity contribution in [3.05, 3.63) is 53.9 Å². The van der Waals surface area contributed by atoms with Crippen LogP contribution < -0.4 is 9.47 Å². The standard InChI is InChI=1S/C16H17NO4/c1-16(2,12-6-8-17-9-7-12)21-13-5-4-11(15(18)19)10-14(13)20-3/h4-10H,1-3H3,(H,18,19). The van der Waals surface area contributed by atoms with Crippen molar-refractivity contribution in [2.24, 2.45) is 0 Å². The number of aromatic carboxylic acids is 1. The van der Waals surface area contributed by atoms with Gasteiger partial charge in [0.1, 0.15) is 5.60 Å². The molecule has 2 rings (SSSR count). The van der Waals surface area contributed by atoms with Crippen molar-refractivity contribution in [3.8, 4) is 11.5 Å². The summed E-state index contributed by atoms with van der Waals surface area (Å²) in [6.07, 6.45) is 3.40. The molecule has 5 nitrogen and oxygen atoms in total. The van der Waals surface area contributed by atoms with Crippen LogP contribution in [0.15, 0.2) is 42.7 Å². The van der Waals surface area contributed by atoms with E-state index in [0.717, 1.165) is 5.56 Å². The molecular formula is C16H17NO4. The number of pyridine rings is 1. The summed E-state index contributed by atoms with van der Waals surface area (Å²) < 4.78 is 11.2. The first-order valence-electron chi connectivity index (χ1n) is 6.45. The van der Waals surface area contributed by atoms with E-state index in [9.17, 15) is 4.79 Å². The van der Waals surface area contributed by atoms with Gasteiger partial charge in [-0.25, -0.2) is 4.79 Å². The molecule has 0 radical (unpaired) electrons. The predicted octanol–water partition coefficient (Wildman–Crippen LogP) is 3.10. The van der Waals surface area contributed by atoms with Crippen molar-refractivity contribution < 1.29 is 19.4 Å². The van der Waals surface area contributed by atoms with Gasteiger partial charge in [-0.2, -0.15) is 0 Å². The zero-order chi connectivity index (χ0) is 15.5. The van der Waals surface area contributed by atoms with Gasteiger partial charge < -0.3 is 14.6 Å². The van der Waals surface area contributed by atoms with Crippen molar-refractivity contribution >= 4 is 5.97 Å². The zero-order valence-electron chi connectivity index (χ0n) is 12.2. The minimum Gasteiger partial charge on any atom is -0.493 e. The molecule has 0 bridgehead atoms. The third-order valence-corrected chi connectivity index (χ3v) is 3.15. The second-order valence-electron chi connectivity index (χ2n) is 5.02. The highest BCUT2D eigenvalue weighted by Gasteiger charge is 2.24. The lowest BCUT2D eigenvalue weighted by Gasteiger charge is -2.27. The number of nitrogens with zero attached hydrogens (tertiary/aromatic N) is 1. The predicted molar refractivity (Wildman–Crippen MR) is 77.8 cm³/mol. The van der Waals surface area contributed by atoms with Gasteiger partial charge in [0.25, 0.3) is 0 Å². The lowest BCUT2D eigenvalue weighted by molar-refractivity contribution is 0.0696. The Morgan fingerprint density at radius 1 is 1.14 bits per heavy atom. The highest BCUT2D eigenvalue weighted by molar-refractivity contribution is 5.88. The molecule has 1 aromatic carbocycles. The lowest BCUT2D eigenvalue weighted by Crippen LogP contribution is -2.25. The van der Waals surface area contributed by atoms with E-state index in [1.165, 1.54) is 19.2 Å². The summed E-state index contributed by atoms with van der Waals surface area (Å²) >= 11 is 0. The molecule has 0 aliphatic heterocycles. The van der Waals surface area contributed by atoms with Gasteiger partial charge in [0.15, 0.2) is 11.5 Å². The Labute approximate surface area is 123 Å². The van der Waals surface area contributed by atoms with Gasteiger partial charge in [-0.1, -0.05) is 0 Å². The summed E-state index contributed by atoms with van der Waals surface area (Å²) in [6.45, 7) is 3.85. The van der Waals surface area contributed by atoms with Crippen LogP contribution in [-0.4, -0.2) is 23.2 Å². The molecule has 0 saturated carbocycles. The number of hydrogen-bond donors (Lipinski definition) is 1. The van der Waals surface area contributed by atoms with E-state index < -0.39 is 11.6 Å². The fourth-order valence-electron chi connectivity index (χ4n) is 1.97. The Morgan fingerprint density at radius 3 is 2.38 bits per heavy atom. The molecule has 1 aromatic heterocycles. The first-order valence-corrected chi connectivity index (χ1v) is 6.45. The van der Waals surface area contributed by atoms with Gasteiger partial charge in [0.2, 0.25) is 0 Å². The van der Waals surface area contributed by atoms with Gasteiger partial charge in [0.05, 0.1) is 12.7 Å². The molecule has 0 aliphatic rings. The highest BCUT2D eigenvalue weighted by Crippen LogP contribution is 2.34. The Morgan fingerprint density at radius 2 is 1.81 bits per heavy atom. The normalized spacial score (nSPS) is 11.0. The molecule has 0 amide bonds. The molecule has 0 aliphatic carbocycles. The van der Waals surface area contributed by atoms with Gasteiger partial charge in [-0.3, -0.25) is 4.98 Å². The van der Waals surface area contributed by atoms with Crippen LogP contribution in [0.5, 0.6) is 11.5 Å². The second kappa shape index (κ2) is 5.83. The monoisotopic (exact) mass is 287 g/mol. The van der Waals surface area contributed by atoms with E-state index in [1.54, 1.807) is 18.5 Å². The third kappa shape index (κ3) is 3.31. The minimum atomic E-state index is -1.01. The fraction of sp³-hybridized carbons (Fsp3) is 0.250. The number of carboxylic acid groups (broad SMARTS) is 1. The van der Waals surface area contributed by atoms with Crippen LogP contribution in [0.2, 0.25) is 0 Å². The van der Waals surface area contributed by atoms with Gasteiger partial charge >= 0.3 is 5.97 Å². The number of aromatic nitrogens is 1. The number of methoxy groups -OCH3 is 1. The number of benzene rings is 1. The van der Waals surface area contributed by atoms with Crippen molar-refractivity contribution in [1.29, 1.82) is 0 Å². The number of rotatable bonds is 5. The van der Waals surface area contributed by atoms with Crippen molar-refractivity contribution in [2.75, 3.05) is 7.11 Å². The molecule has 21 heavy (non-hydrogen) atoms. The number of ether oxygens (including phenoxy) is 2. The van der Waals surface area contributed by atoms with E-state index in [-0.39, 0.29) is 5.56 Å². The van der Waals surface area contributed by atoms with Crippen molar-refractivity contribution in [3.63, 3.8) is 0 Å². The first-order chi connectivity index (χ1) is 9.94. The van der Waals surface area contributed by atoms with E-state index >= 15 is 0 Å². The molecule has 0 fully saturated rings. The smallest absolute Gasteiger partial charge is 0.335 e. The quantitative estimate of drug-likeness (QED) is 0.915. The maximum absolute atomic E-state index is 11.0. The van der Waals surface area contributed by atoms with Crippen LogP contribution in [-0.2, 0) is 5.60 Å².